The molecule has 0 aliphatic heterocycles. The van der Waals surface area contributed by atoms with Gasteiger partial charge in [-0.1, -0.05) is 0 Å². The Morgan fingerprint density at radius 1 is 0.810 bits per heavy atom. The zero-order valence-corrected chi connectivity index (χ0v) is 14.3. The first-order chi connectivity index (χ1) is 10.2. The molecule has 0 spiro atoms. The highest BCUT2D eigenvalue weighted by Gasteiger charge is 2.02. The summed E-state index contributed by atoms with van der Waals surface area (Å²) < 4.78 is 20.0. The van der Waals surface area contributed by atoms with Gasteiger partial charge in [-0.25, -0.2) is 0 Å². The highest BCUT2D eigenvalue weighted by Crippen LogP contribution is 1.98. The summed E-state index contributed by atoms with van der Waals surface area (Å²) in [4.78, 5) is 22.2. The van der Waals surface area contributed by atoms with Crippen molar-refractivity contribution in [1.29, 1.82) is 0 Å². The third-order valence-corrected chi connectivity index (χ3v) is 3.43. The number of hydrogen-bond acceptors (Lipinski definition) is 8. The lowest BCUT2D eigenvalue weighted by molar-refractivity contribution is -0.157. The van der Waals surface area contributed by atoms with Crippen molar-refractivity contribution in [3.05, 3.63) is 0 Å². The zero-order chi connectivity index (χ0) is 15.8. The Hall–Kier alpha value is -0.440. The normalized spacial score (nSPS) is 10.4. The minimum atomic E-state index is -0.252. The zero-order valence-electron chi connectivity index (χ0n) is 12.6. The number of carbonyl (C=O) groups is 2. The SMILES string of the molecule is CSCCC(=O)OCOCCCOCOC(=O)CCSC. The van der Waals surface area contributed by atoms with Crippen molar-refractivity contribution in [2.75, 3.05) is 50.8 Å². The first-order valence-electron chi connectivity index (χ1n) is 6.65. The molecule has 124 valence electrons. The Morgan fingerprint density at radius 2 is 1.24 bits per heavy atom. The van der Waals surface area contributed by atoms with Crippen molar-refractivity contribution >= 4 is 35.5 Å². The molecule has 0 heterocycles. The van der Waals surface area contributed by atoms with Crippen LogP contribution in [0.15, 0.2) is 0 Å². The molecule has 0 radical (unpaired) electrons. The average Bonchev–Trinajstić information content (AvgIpc) is 2.49. The predicted octanol–water partition coefficient (Wildman–Crippen LogP) is 1.92. The second-order valence-corrected chi connectivity index (χ2v) is 5.90. The molecule has 0 aromatic carbocycles. The van der Waals surface area contributed by atoms with Crippen LogP contribution in [0, 0.1) is 0 Å². The maximum Gasteiger partial charge on any atom is 0.308 e. The molecule has 0 aromatic heterocycles. The Morgan fingerprint density at radius 3 is 1.62 bits per heavy atom. The molecule has 0 atom stereocenters. The number of esters is 2. The third kappa shape index (κ3) is 15.8. The first kappa shape index (κ1) is 20.6. The van der Waals surface area contributed by atoms with Gasteiger partial charge < -0.3 is 18.9 Å². The molecule has 8 heteroatoms. The van der Waals surface area contributed by atoms with E-state index in [1.165, 1.54) is 0 Å². The van der Waals surface area contributed by atoms with Crippen LogP contribution in [0.1, 0.15) is 19.3 Å². The summed E-state index contributed by atoms with van der Waals surface area (Å²) in [6.45, 7) is 0.792. The molecule has 0 unspecified atom stereocenters. The van der Waals surface area contributed by atoms with Crippen LogP contribution in [-0.2, 0) is 28.5 Å². The minimum Gasteiger partial charge on any atom is -0.438 e. The van der Waals surface area contributed by atoms with Crippen LogP contribution < -0.4 is 0 Å². The minimum absolute atomic E-state index is 0.0309. The van der Waals surface area contributed by atoms with Gasteiger partial charge in [0.25, 0.3) is 0 Å². The van der Waals surface area contributed by atoms with E-state index in [1.807, 2.05) is 12.5 Å². The van der Waals surface area contributed by atoms with Gasteiger partial charge in [-0.2, -0.15) is 23.5 Å². The summed E-state index contributed by atoms with van der Waals surface area (Å²) in [6, 6.07) is 0. The quantitative estimate of drug-likeness (QED) is 0.270. The van der Waals surface area contributed by atoms with E-state index in [-0.39, 0.29) is 25.5 Å². The summed E-state index contributed by atoms with van der Waals surface area (Å²) in [6.07, 6.45) is 5.31. The van der Waals surface area contributed by atoms with Crippen molar-refractivity contribution in [3.63, 3.8) is 0 Å². The Kier molecular flexibility index (Phi) is 15.6. The summed E-state index contributed by atoms with van der Waals surface area (Å²) in [5.41, 5.74) is 0. The molecule has 0 amide bonds. The number of ether oxygens (including phenoxy) is 4. The van der Waals surface area contributed by atoms with Crippen LogP contribution in [0.25, 0.3) is 0 Å². The number of thioether (sulfide) groups is 2. The maximum absolute atomic E-state index is 11.1. The second kappa shape index (κ2) is 15.9. The average molecular weight is 340 g/mol. The van der Waals surface area contributed by atoms with Crippen LogP contribution in [-0.4, -0.2) is 62.8 Å². The summed E-state index contributed by atoms with van der Waals surface area (Å²) in [7, 11) is 0. The van der Waals surface area contributed by atoms with Gasteiger partial charge in [0.05, 0.1) is 26.1 Å². The van der Waals surface area contributed by atoms with Gasteiger partial charge in [0.2, 0.25) is 0 Å². The fourth-order valence-electron chi connectivity index (χ4n) is 1.11. The largest absolute Gasteiger partial charge is 0.438 e. The Balaban J connectivity index is 3.19. The molecule has 6 nitrogen and oxygen atoms in total. The first-order valence-corrected chi connectivity index (χ1v) is 9.44. The van der Waals surface area contributed by atoms with Crippen molar-refractivity contribution in [1.82, 2.24) is 0 Å². The molecule has 0 N–H and O–H groups in total. The monoisotopic (exact) mass is 340 g/mol. The molecular formula is C13H24O6S2. The van der Waals surface area contributed by atoms with Gasteiger partial charge in [-0.05, 0) is 18.9 Å². The van der Waals surface area contributed by atoms with Crippen LogP contribution in [0.5, 0.6) is 0 Å². The van der Waals surface area contributed by atoms with Gasteiger partial charge in [0, 0.05) is 11.5 Å². The van der Waals surface area contributed by atoms with E-state index < -0.39 is 0 Å². The molecule has 0 bridgehead atoms. The van der Waals surface area contributed by atoms with Gasteiger partial charge in [0.1, 0.15) is 0 Å². The lowest BCUT2D eigenvalue weighted by Crippen LogP contribution is -2.12. The predicted molar refractivity (Wildman–Crippen MR) is 84.4 cm³/mol. The molecule has 0 aromatic rings. The summed E-state index contributed by atoms with van der Waals surface area (Å²) in [5.74, 6) is 1.00. The highest BCUT2D eigenvalue weighted by atomic mass is 32.2. The van der Waals surface area contributed by atoms with Crippen LogP contribution >= 0.6 is 23.5 Å². The second-order valence-electron chi connectivity index (χ2n) is 3.92. The molecular weight excluding hydrogens is 316 g/mol. The van der Waals surface area contributed by atoms with E-state index in [1.54, 1.807) is 23.5 Å². The van der Waals surface area contributed by atoms with E-state index in [9.17, 15) is 9.59 Å². The van der Waals surface area contributed by atoms with Gasteiger partial charge in [-0.15, -0.1) is 0 Å². The number of hydrogen-bond donors (Lipinski definition) is 0. The van der Waals surface area contributed by atoms with E-state index in [0.29, 0.717) is 32.5 Å². The smallest absolute Gasteiger partial charge is 0.308 e. The van der Waals surface area contributed by atoms with Crippen molar-refractivity contribution in [2.45, 2.75) is 19.3 Å². The van der Waals surface area contributed by atoms with Crippen molar-refractivity contribution in [2.24, 2.45) is 0 Å². The van der Waals surface area contributed by atoms with Crippen molar-refractivity contribution < 1.29 is 28.5 Å². The third-order valence-electron chi connectivity index (χ3n) is 2.20. The molecule has 0 fully saturated rings. The summed E-state index contributed by atoms with van der Waals surface area (Å²) >= 11 is 3.19. The highest BCUT2D eigenvalue weighted by molar-refractivity contribution is 7.98. The van der Waals surface area contributed by atoms with Crippen LogP contribution in [0.2, 0.25) is 0 Å². The molecule has 0 saturated carbocycles. The maximum atomic E-state index is 11.1. The van der Waals surface area contributed by atoms with Crippen molar-refractivity contribution in [3.8, 4) is 0 Å². The van der Waals surface area contributed by atoms with E-state index in [4.69, 9.17) is 18.9 Å². The molecule has 0 aliphatic rings. The van der Waals surface area contributed by atoms with E-state index >= 15 is 0 Å². The summed E-state index contributed by atoms with van der Waals surface area (Å²) in [5, 5.41) is 0. The molecule has 0 aliphatic carbocycles. The number of carbonyl (C=O) groups excluding carboxylic acids is 2. The topological polar surface area (TPSA) is 71.1 Å². The van der Waals surface area contributed by atoms with Gasteiger partial charge in [-0.3, -0.25) is 9.59 Å². The molecule has 0 saturated heterocycles. The lowest BCUT2D eigenvalue weighted by Gasteiger charge is -2.07. The van der Waals surface area contributed by atoms with Gasteiger partial charge >= 0.3 is 11.9 Å². The lowest BCUT2D eigenvalue weighted by atomic mass is 10.5. The Bertz CT molecular complexity index is 249. The van der Waals surface area contributed by atoms with E-state index in [0.717, 1.165) is 11.5 Å². The van der Waals surface area contributed by atoms with E-state index in [2.05, 4.69) is 0 Å². The molecule has 21 heavy (non-hydrogen) atoms. The fourth-order valence-corrected chi connectivity index (χ4v) is 1.85. The Labute approximate surface area is 134 Å². The fraction of sp³-hybridized carbons (Fsp3) is 0.846. The number of rotatable bonds is 14. The standard InChI is InChI=1S/C13H24O6S2/c1-20-8-4-12(14)18-10-16-6-3-7-17-11-19-13(15)5-9-21-2/h3-11H2,1-2H3. The van der Waals surface area contributed by atoms with Crippen LogP contribution in [0.3, 0.4) is 0 Å². The van der Waals surface area contributed by atoms with Gasteiger partial charge in [0.15, 0.2) is 13.6 Å². The molecule has 0 rings (SSSR count). The van der Waals surface area contributed by atoms with Crippen LogP contribution in [0.4, 0.5) is 0 Å².